The van der Waals surface area contributed by atoms with Gasteiger partial charge in [-0.2, -0.15) is 5.26 Å². The second kappa shape index (κ2) is 10.5. The van der Waals surface area contributed by atoms with Crippen LogP contribution in [0.4, 0.5) is 5.69 Å². The van der Waals surface area contributed by atoms with E-state index in [0.29, 0.717) is 31.5 Å². The predicted octanol–water partition coefficient (Wildman–Crippen LogP) is 7.19. The summed E-state index contributed by atoms with van der Waals surface area (Å²) in [5.74, 6) is -0.0512. The molecule has 3 rings (SSSR count). The normalized spacial score (nSPS) is 11.0. The zero-order chi connectivity index (χ0) is 22.4. The van der Waals surface area contributed by atoms with Crippen molar-refractivity contribution in [1.82, 2.24) is 0 Å². The molecule has 0 aliphatic heterocycles. The van der Waals surface area contributed by atoms with Gasteiger partial charge in [0.1, 0.15) is 18.2 Å². The Bertz CT molecular complexity index is 1180. The number of nitrogens with zero attached hydrogens (tertiary/aromatic N) is 1. The van der Waals surface area contributed by atoms with Gasteiger partial charge in [0.25, 0.3) is 5.91 Å². The number of rotatable bonds is 6. The molecule has 3 aromatic rings. The number of hydrogen-bond acceptors (Lipinski definition) is 3. The number of anilines is 1. The molecule has 0 aliphatic rings. The van der Waals surface area contributed by atoms with E-state index in [1.165, 1.54) is 6.08 Å². The van der Waals surface area contributed by atoms with Gasteiger partial charge in [-0.15, -0.1) is 0 Å². The molecule has 4 nitrogen and oxygen atoms in total. The van der Waals surface area contributed by atoms with E-state index in [4.69, 9.17) is 27.9 Å². The van der Waals surface area contributed by atoms with Crippen molar-refractivity contribution in [2.75, 3.05) is 5.32 Å². The lowest BCUT2D eigenvalue weighted by Gasteiger charge is -2.12. The van der Waals surface area contributed by atoms with Crippen LogP contribution in [-0.4, -0.2) is 5.91 Å². The molecule has 156 valence electrons. The lowest BCUT2D eigenvalue weighted by molar-refractivity contribution is -0.112. The average Bonchev–Trinajstić information content (AvgIpc) is 2.74. The first-order valence-electron chi connectivity index (χ1n) is 9.23. The molecule has 0 bridgehead atoms. The van der Waals surface area contributed by atoms with Gasteiger partial charge in [0, 0.05) is 16.3 Å². The molecular formula is C24H17BrCl2N2O2. The summed E-state index contributed by atoms with van der Waals surface area (Å²) < 4.78 is 6.42. The minimum absolute atomic E-state index is 0.0454. The summed E-state index contributed by atoms with van der Waals surface area (Å²) in [5, 5.41) is 13.2. The number of halogens is 3. The number of nitriles is 1. The molecule has 0 saturated carbocycles. The molecule has 3 aromatic carbocycles. The molecule has 31 heavy (non-hydrogen) atoms. The maximum Gasteiger partial charge on any atom is 0.266 e. The van der Waals surface area contributed by atoms with E-state index >= 15 is 0 Å². The number of hydrogen-bond donors (Lipinski definition) is 1. The van der Waals surface area contributed by atoms with Gasteiger partial charge in [-0.05, 0) is 64.3 Å². The molecule has 0 heterocycles. The van der Waals surface area contributed by atoms with Gasteiger partial charge in [0.15, 0.2) is 5.75 Å². The standard InChI is InChI=1S/C24H17BrCl2N2O2/c1-15-6-2-5-9-22(15)29-24(30)18(13-28)10-16-11-19(25)23(21(27)12-16)31-14-17-7-3-4-8-20(17)26/h2-12H,14H2,1H3,(H,29,30)/b18-10-. The summed E-state index contributed by atoms with van der Waals surface area (Å²) in [5.41, 5.74) is 2.92. The molecular weight excluding hydrogens is 499 g/mol. The van der Waals surface area contributed by atoms with Gasteiger partial charge in [0.05, 0.1) is 9.50 Å². The highest BCUT2D eigenvalue weighted by Crippen LogP contribution is 2.36. The third-order valence-electron chi connectivity index (χ3n) is 4.42. The van der Waals surface area contributed by atoms with Crippen LogP contribution in [0, 0.1) is 18.3 Å². The molecule has 0 unspecified atom stereocenters. The van der Waals surface area contributed by atoms with Crippen LogP contribution in [0.25, 0.3) is 6.08 Å². The third-order valence-corrected chi connectivity index (χ3v) is 5.66. The highest BCUT2D eigenvalue weighted by atomic mass is 79.9. The quantitative estimate of drug-likeness (QED) is 0.279. The molecule has 0 atom stereocenters. The topological polar surface area (TPSA) is 62.1 Å². The fraction of sp³-hybridized carbons (Fsp3) is 0.0833. The summed E-state index contributed by atoms with van der Waals surface area (Å²) in [4.78, 5) is 12.5. The van der Waals surface area contributed by atoms with Gasteiger partial charge < -0.3 is 10.1 Å². The Morgan fingerprint density at radius 3 is 2.52 bits per heavy atom. The number of ether oxygens (including phenoxy) is 1. The zero-order valence-corrected chi connectivity index (χ0v) is 19.6. The Hall–Kier alpha value is -2.78. The van der Waals surface area contributed by atoms with E-state index in [2.05, 4.69) is 21.2 Å². The van der Waals surface area contributed by atoms with Crippen molar-refractivity contribution in [2.24, 2.45) is 0 Å². The van der Waals surface area contributed by atoms with Crippen molar-refractivity contribution in [3.8, 4) is 11.8 Å². The Morgan fingerprint density at radius 1 is 1.13 bits per heavy atom. The van der Waals surface area contributed by atoms with E-state index in [-0.39, 0.29) is 12.2 Å². The van der Waals surface area contributed by atoms with Crippen LogP contribution in [0.2, 0.25) is 10.0 Å². The summed E-state index contributed by atoms with van der Waals surface area (Å²) in [6.45, 7) is 2.12. The predicted molar refractivity (Wildman–Crippen MR) is 128 cm³/mol. The Labute approximate surface area is 199 Å². The highest BCUT2D eigenvalue weighted by molar-refractivity contribution is 9.10. The van der Waals surface area contributed by atoms with E-state index in [1.54, 1.807) is 24.3 Å². The van der Waals surface area contributed by atoms with Gasteiger partial charge in [-0.25, -0.2) is 0 Å². The summed E-state index contributed by atoms with van der Waals surface area (Å²) in [6, 6.07) is 20.0. The number of nitrogens with one attached hydrogen (secondary N) is 1. The first-order chi connectivity index (χ1) is 14.9. The van der Waals surface area contributed by atoms with E-state index in [1.807, 2.05) is 49.4 Å². The van der Waals surface area contributed by atoms with Crippen LogP contribution in [0.3, 0.4) is 0 Å². The highest BCUT2D eigenvalue weighted by Gasteiger charge is 2.14. The van der Waals surface area contributed by atoms with Crippen molar-refractivity contribution in [1.29, 1.82) is 5.26 Å². The first-order valence-corrected chi connectivity index (χ1v) is 10.8. The molecule has 0 aromatic heterocycles. The Morgan fingerprint density at radius 2 is 1.84 bits per heavy atom. The number of aryl methyl sites for hydroxylation is 1. The summed E-state index contributed by atoms with van der Waals surface area (Å²) >= 11 is 16.0. The second-order valence-electron chi connectivity index (χ2n) is 6.63. The van der Waals surface area contributed by atoms with Crippen LogP contribution in [0.5, 0.6) is 5.75 Å². The maximum absolute atomic E-state index is 12.5. The smallest absolute Gasteiger partial charge is 0.266 e. The van der Waals surface area contributed by atoms with Gasteiger partial charge in [-0.3, -0.25) is 4.79 Å². The maximum atomic E-state index is 12.5. The van der Waals surface area contributed by atoms with Crippen molar-refractivity contribution in [3.63, 3.8) is 0 Å². The van der Waals surface area contributed by atoms with Crippen LogP contribution < -0.4 is 10.1 Å². The Kier molecular flexibility index (Phi) is 7.75. The van der Waals surface area contributed by atoms with Gasteiger partial charge >= 0.3 is 0 Å². The minimum Gasteiger partial charge on any atom is -0.486 e. The molecule has 0 saturated heterocycles. The second-order valence-corrected chi connectivity index (χ2v) is 8.30. The molecule has 0 radical (unpaired) electrons. The van der Waals surface area contributed by atoms with E-state index < -0.39 is 5.91 Å². The largest absolute Gasteiger partial charge is 0.486 e. The molecule has 0 spiro atoms. The van der Waals surface area contributed by atoms with Crippen LogP contribution in [0.15, 0.2) is 70.7 Å². The fourth-order valence-corrected chi connectivity index (χ4v) is 3.96. The molecule has 1 N–H and O–H groups in total. The first kappa shape index (κ1) is 22.9. The van der Waals surface area contributed by atoms with E-state index in [9.17, 15) is 10.1 Å². The number of carbonyl (C=O) groups excluding carboxylic acids is 1. The number of carbonyl (C=O) groups is 1. The monoisotopic (exact) mass is 514 g/mol. The number of amides is 1. The van der Waals surface area contributed by atoms with E-state index in [0.717, 1.165) is 11.1 Å². The zero-order valence-electron chi connectivity index (χ0n) is 16.5. The molecule has 7 heteroatoms. The van der Waals surface area contributed by atoms with Crippen LogP contribution in [0.1, 0.15) is 16.7 Å². The Balaban J connectivity index is 1.80. The average molecular weight is 516 g/mol. The number of para-hydroxylation sites is 1. The number of benzene rings is 3. The lowest BCUT2D eigenvalue weighted by atomic mass is 10.1. The minimum atomic E-state index is -0.497. The SMILES string of the molecule is Cc1ccccc1NC(=O)/C(C#N)=C\c1cc(Cl)c(OCc2ccccc2Cl)c(Br)c1. The summed E-state index contributed by atoms with van der Waals surface area (Å²) in [7, 11) is 0. The van der Waals surface area contributed by atoms with Gasteiger partial charge in [0.2, 0.25) is 0 Å². The van der Waals surface area contributed by atoms with Gasteiger partial charge in [-0.1, -0.05) is 59.6 Å². The van der Waals surface area contributed by atoms with Crippen molar-refractivity contribution in [3.05, 3.63) is 97.4 Å². The van der Waals surface area contributed by atoms with Crippen LogP contribution >= 0.6 is 39.1 Å². The molecule has 0 aliphatic carbocycles. The summed E-state index contributed by atoms with van der Waals surface area (Å²) in [6.07, 6.45) is 1.47. The fourth-order valence-electron chi connectivity index (χ4n) is 2.78. The van der Waals surface area contributed by atoms with Crippen molar-refractivity contribution in [2.45, 2.75) is 13.5 Å². The van der Waals surface area contributed by atoms with Crippen molar-refractivity contribution >= 4 is 56.8 Å². The molecule has 1 amide bonds. The lowest BCUT2D eigenvalue weighted by Crippen LogP contribution is -2.14. The molecule has 0 fully saturated rings. The van der Waals surface area contributed by atoms with Crippen molar-refractivity contribution < 1.29 is 9.53 Å². The third kappa shape index (κ3) is 5.89. The van der Waals surface area contributed by atoms with Crippen LogP contribution in [-0.2, 0) is 11.4 Å².